The molecule has 1 aliphatic heterocycles. The second-order valence-electron chi connectivity index (χ2n) is 5.56. The number of carbonyl (C=O) groups excluding carboxylic acids is 5. The summed E-state index contributed by atoms with van der Waals surface area (Å²) in [7, 11) is 1.33. The fraction of sp³-hybridized carbons (Fsp3) is 0.353. The molecule has 144 valence electrons. The summed E-state index contributed by atoms with van der Waals surface area (Å²) in [6.45, 7) is -0.703. The van der Waals surface area contributed by atoms with Gasteiger partial charge in [0.15, 0.2) is 6.61 Å². The summed E-state index contributed by atoms with van der Waals surface area (Å²) in [6, 6.07) is 4.40. The summed E-state index contributed by atoms with van der Waals surface area (Å²) < 4.78 is 4.93. The van der Waals surface area contributed by atoms with Crippen LogP contribution in [0, 0.1) is 0 Å². The first-order valence-electron chi connectivity index (χ1n) is 8.04. The number of thioether (sulfide) groups is 1. The molecule has 1 aromatic rings. The zero-order chi connectivity index (χ0) is 20.0. The Morgan fingerprint density at radius 1 is 1.15 bits per heavy atom. The van der Waals surface area contributed by atoms with Gasteiger partial charge in [0.2, 0.25) is 0 Å². The van der Waals surface area contributed by atoms with Crippen molar-refractivity contribution in [2.75, 3.05) is 25.7 Å². The second kappa shape index (κ2) is 9.17. The van der Waals surface area contributed by atoms with E-state index in [0.717, 1.165) is 4.90 Å². The third kappa shape index (κ3) is 4.64. The topological polar surface area (TPSA) is 122 Å². The Hall–Kier alpha value is -2.88. The molecule has 0 saturated heterocycles. The van der Waals surface area contributed by atoms with E-state index in [1.54, 1.807) is 12.1 Å². The van der Waals surface area contributed by atoms with E-state index in [1.165, 1.54) is 30.9 Å². The van der Waals surface area contributed by atoms with Crippen LogP contribution in [0.1, 0.15) is 27.1 Å². The molecule has 27 heavy (non-hydrogen) atoms. The van der Waals surface area contributed by atoms with E-state index in [4.69, 9.17) is 4.74 Å². The molecule has 0 aromatic heterocycles. The number of nitrogens with zero attached hydrogens (tertiary/aromatic N) is 1. The van der Waals surface area contributed by atoms with Crippen molar-refractivity contribution in [1.82, 2.24) is 15.5 Å². The second-order valence-corrected chi connectivity index (χ2v) is 6.54. The molecule has 2 N–H and O–H groups in total. The number of rotatable bonds is 7. The lowest BCUT2D eigenvalue weighted by Gasteiger charge is -2.24. The van der Waals surface area contributed by atoms with Crippen molar-refractivity contribution in [1.29, 1.82) is 0 Å². The summed E-state index contributed by atoms with van der Waals surface area (Å²) >= 11 is 1.44. The molecule has 0 bridgehead atoms. The Morgan fingerprint density at radius 3 is 2.26 bits per heavy atom. The number of nitrogens with one attached hydrogen (secondary N) is 2. The highest BCUT2D eigenvalue weighted by Crippen LogP contribution is 2.26. The molecule has 0 fully saturated rings. The minimum atomic E-state index is -1.15. The van der Waals surface area contributed by atoms with Crippen LogP contribution < -0.4 is 10.6 Å². The van der Waals surface area contributed by atoms with Gasteiger partial charge in [-0.3, -0.25) is 24.6 Å². The molecule has 0 spiro atoms. The smallest absolute Gasteiger partial charge is 0.329 e. The van der Waals surface area contributed by atoms with E-state index in [0.29, 0.717) is 5.75 Å². The van der Waals surface area contributed by atoms with E-state index in [-0.39, 0.29) is 17.5 Å². The van der Waals surface area contributed by atoms with Crippen LogP contribution in [-0.4, -0.2) is 66.3 Å². The van der Waals surface area contributed by atoms with E-state index < -0.39 is 42.4 Å². The minimum Gasteiger partial charge on any atom is -0.454 e. The number of urea groups is 1. The van der Waals surface area contributed by atoms with Crippen LogP contribution in [0.3, 0.4) is 0 Å². The number of hydrogen-bond acceptors (Lipinski definition) is 7. The molecule has 0 unspecified atom stereocenters. The summed E-state index contributed by atoms with van der Waals surface area (Å²) in [6.07, 6.45) is 2.00. The Labute approximate surface area is 159 Å². The van der Waals surface area contributed by atoms with Gasteiger partial charge in [-0.2, -0.15) is 11.8 Å². The van der Waals surface area contributed by atoms with Crippen LogP contribution in [0.2, 0.25) is 0 Å². The van der Waals surface area contributed by atoms with Gasteiger partial charge in [-0.05, 0) is 30.6 Å². The van der Waals surface area contributed by atoms with E-state index >= 15 is 0 Å². The molecular formula is C17H19N3O6S. The molecule has 2 rings (SSSR count). The number of imide groups is 2. The molecule has 9 nitrogen and oxygen atoms in total. The van der Waals surface area contributed by atoms with Crippen molar-refractivity contribution in [3.8, 4) is 0 Å². The highest BCUT2D eigenvalue weighted by Gasteiger charge is 2.43. The fourth-order valence-corrected chi connectivity index (χ4v) is 2.99. The largest absolute Gasteiger partial charge is 0.454 e. The van der Waals surface area contributed by atoms with Crippen LogP contribution in [0.25, 0.3) is 0 Å². The third-order valence-electron chi connectivity index (χ3n) is 3.83. The Kier molecular flexibility index (Phi) is 6.94. The van der Waals surface area contributed by atoms with E-state index in [9.17, 15) is 24.0 Å². The predicted octanol–water partition coefficient (Wildman–Crippen LogP) is 0.403. The maximum Gasteiger partial charge on any atom is 0.329 e. The number of fused-ring (bicyclic) bond motifs is 1. The number of carbonyl (C=O) groups is 5. The zero-order valence-corrected chi connectivity index (χ0v) is 15.6. The molecule has 1 aliphatic rings. The van der Waals surface area contributed by atoms with Crippen molar-refractivity contribution in [3.05, 3.63) is 35.4 Å². The Balaban J connectivity index is 2.12. The maximum absolute atomic E-state index is 12.6. The number of ether oxygens (including phenoxy) is 1. The Morgan fingerprint density at radius 2 is 1.74 bits per heavy atom. The lowest BCUT2D eigenvalue weighted by Crippen LogP contribution is -2.47. The number of hydrogen-bond donors (Lipinski definition) is 2. The molecule has 0 saturated carbocycles. The first-order valence-corrected chi connectivity index (χ1v) is 9.44. The summed E-state index contributed by atoms with van der Waals surface area (Å²) in [5, 5.41) is 4.14. The van der Waals surface area contributed by atoms with Crippen molar-refractivity contribution in [3.63, 3.8) is 0 Å². The summed E-state index contributed by atoms with van der Waals surface area (Å²) in [5.41, 5.74) is 0.448. The lowest BCUT2D eigenvalue weighted by molar-refractivity contribution is -0.152. The van der Waals surface area contributed by atoms with Gasteiger partial charge < -0.3 is 10.1 Å². The normalized spacial score (nSPS) is 13.8. The highest BCUT2D eigenvalue weighted by molar-refractivity contribution is 7.98. The van der Waals surface area contributed by atoms with Gasteiger partial charge in [0, 0.05) is 7.05 Å². The molecule has 0 radical (unpaired) electrons. The first kappa shape index (κ1) is 20.4. The van der Waals surface area contributed by atoms with Gasteiger partial charge in [0.05, 0.1) is 11.1 Å². The highest BCUT2D eigenvalue weighted by atomic mass is 32.2. The van der Waals surface area contributed by atoms with Crippen molar-refractivity contribution in [2.45, 2.75) is 12.5 Å². The van der Waals surface area contributed by atoms with Gasteiger partial charge in [0.25, 0.3) is 17.7 Å². The average molecular weight is 393 g/mol. The first-order chi connectivity index (χ1) is 12.9. The van der Waals surface area contributed by atoms with Gasteiger partial charge in [-0.1, -0.05) is 12.1 Å². The maximum atomic E-state index is 12.6. The van der Waals surface area contributed by atoms with Crippen LogP contribution in [0.4, 0.5) is 4.79 Å². The number of esters is 1. The molecule has 1 aromatic carbocycles. The standard InChI is InChI=1S/C17H19N3O6S/c1-18-17(25)19-13(21)9-26-16(24)12(7-8-27-2)20-14(22)10-5-3-4-6-11(10)15(20)23/h3-6,12H,7-9H2,1-2H3,(H2,18,19,21,25)/t12-/m1/s1. The Bertz CT molecular complexity index is 747. The average Bonchev–Trinajstić information content (AvgIpc) is 2.92. The predicted molar refractivity (Wildman–Crippen MR) is 97.3 cm³/mol. The van der Waals surface area contributed by atoms with Gasteiger partial charge in [-0.25, -0.2) is 9.59 Å². The van der Waals surface area contributed by atoms with Crippen molar-refractivity contribution < 1.29 is 28.7 Å². The molecule has 1 heterocycles. The number of amides is 5. The van der Waals surface area contributed by atoms with Crippen LogP contribution in [0.15, 0.2) is 24.3 Å². The molecule has 10 heteroatoms. The SMILES string of the molecule is CNC(=O)NC(=O)COC(=O)[C@@H](CCSC)N1C(=O)c2ccccc2C1=O. The molecular weight excluding hydrogens is 374 g/mol. The molecule has 1 atom stereocenters. The van der Waals surface area contributed by atoms with E-state index in [2.05, 4.69) is 5.32 Å². The third-order valence-corrected chi connectivity index (χ3v) is 4.47. The van der Waals surface area contributed by atoms with Crippen molar-refractivity contribution >= 4 is 41.5 Å². The number of benzene rings is 1. The van der Waals surface area contributed by atoms with Crippen LogP contribution in [0.5, 0.6) is 0 Å². The van der Waals surface area contributed by atoms with Crippen LogP contribution >= 0.6 is 11.8 Å². The zero-order valence-electron chi connectivity index (χ0n) is 14.8. The quantitative estimate of drug-likeness (QED) is 0.508. The fourth-order valence-electron chi connectivity index (χ4n) is 2.53. The summed E-state index contributed by atoms with van der Waals surface area (Å²) in [4.78, 5) is 61.2. The minimum absolute atomic E-state index is 0.183. The summed E-state index contributed by atoms with van der Waals surface area (Å²) in [5.74, 6) is -2.36. The van der Waals surface area contributed by atoms with Gasteiger partial charge >= 0.3 is 12.0 Å². The molecule has 5 amide bonds. The van der Waals surface area contributed by atoms with E-state index in [1.807, 2.05) is 11.6 Å². The lowest BCUT2D eigenvalue weighted by atomic mass is 10.1. The van der Waals surface area contributed by atoms with Gasteiger partial charge in [0.1, 0.15) is 6.04 Å². The molecule has 0 aliphatic carbocycles. The van der Waals surface area contributed by atoms with Crippen LogP contribution in [-0.2, 0) is 14.3 Å². The van der Waals surface area contributed by atoms with Gasteiger partial charge in [-0.15, -0.1) is 0 Å². The monoisotopic (exact) mass is 393 g/mol. The van der Waals surface area contributed by atoms with Crippen molar-refractivity contribution in [2.24, 2.45) is 0 Å².